The quantitative estimate of drug-likeness (QED) is 0.634. The van der Waals surface area contributed by atoms with Gasteiger partial charge in [-0.15, -0.1) is 0 Å². The van der Waals surface area contributed by atoms with Crippen molar-refractivity contribution >= 4 is 5.78 Å². The molecular formula is C14H20O. The predicted octanol–water partition coefficient (Wildman–Crippen LogP) is 3.92. The van der Waals surface area contributed by atoms with E-state index >= 15 is 0 Å². The third-order valence-corrected chi connectivity index (χ3v) is 2.78. The van der Waals surface area contributed by atoms with Gasteiger partial charge < -0.3 is 0 Å². The zero-order valence-electron chi connectivity index (χ0n) is 10.1. The maximum Gasteiger partial charge on any atom is 0.159 e. The molecule has 0 radical (unpaired) electrons. The number of aryl methyl sites for hydroxylation is 2. The molecule has 1 nitrogen and oxygen atoms in total. The summed E-state index contributed by atoms with van der Waals surface area (Å²) in [5.74, 6) is 1.22. The van der Waals surface area contributed by atoms with Gasteiger partial charge in [0, 0.05) is 5.56 Å². The highest BCUT2D eigenvalue weighted by Gasteiger charge is 2.12. The van der Waals surface area contributed by atoms with E-state index in [0.717, 1.165) is 11.5 Å². The second-order valence-electron chi connectivity index (χ2n) is 4.54. The predicted molar refractivity (Wildman–Crippen MR) is 64.3 cm³/mol. The largest absolute Gasteiger partial charge is 0.295 e. The molecule has 0 atom stereocenters. The Bertz CT molecular complexity index is 348. The van der Waals surface area contributed by atoms with Crippen molar-refractivity contribution in [3.8, 4) is 0 Å². The summed E-state index contributed by atoms with van der Waals surface area (Å²) in [6.45, 7) is 7.92. The Hall–Kier alpha value is -1.11. The van der Waals surface area contributed by atoms with Crippen molar-refractivity contribution in [3.63, 3.8) is 0 Å². The first-order chi connectivity index (χ1) is 7.00. The van der Waals surface area contributed by atoms with Crippen LogP contribution < -0.4 is 0 Å². The van der Waals surface area contributed by atoms with Gasteiger partial charge >= 0.3 is 0 Å². The van der Waals surface area contributed by atoms with Crippen molar-refractivity contribution in [1.82, 2.24) is 0 Å². The highest BCUT2D eigenvalue weighted by Crippen LogP contribution is 2.26. The fraction of sp³-hybridized carbons (Fsp3) is 0.500. The standard InChI is InChI=1S/C10H12O.C4H8/c1-7-4-5-10(9(3)11)6-8(7)2;1-4-2-3-4/h4-6H,1-3H3;4H,2-3H2,1H3. The number of benzene rings is 1. The van der Waals surface area contributed by atoms with Crippen LogP contribution in [0.5, 0.6) is 0 Å². The van der Waals surface area contributed by atoms with Crippen LogP contribution in [0.3, 0.4) is 0 Å². The average molecular weight is 204 g/mol. The Morgan fingerprint density at radius 3 is 2.07 bits per heavy atom. The Labute approximate surface area is 92.5 Å². The number of rotatable bonds is 1. The van der Waals surface area contributed by atoms with Crippen LogP contribution in [-0.2, 0) is 0 Å². The molecule has 0 heterocycles. The van der Waals surface area contributed by atoms with Crippen LogP contribution in [0.2, 0.25) is 0 Å². The number of carbonyl (C=O) groups excluding carboxylic acids is 1. The van der Waals surface area contributed by atoms with Crippen molar-refractivity contribution in [2.75, 3.05) is 0 Å². The molecule has 0 amide bonds. The van der Waals surface area contributed by atoms with Gasteiger partial charge in [0.05, 0.1) is 0 Å². The number of hydrogen-bond acceptors (Lipinski definition) is 1. The van der Waals surface area contributed by atoms with Crippen molar-refractivity contribution in [1.29, 1.82) is 0 Å². The normalized spacial score (nSPS) is 14.1. The molecule has 0 N–H and O–H groups in total. The summed E-state index contributed by atoms with van der Waals surface area (Å²) >= 11 is 0. The van der Waals surface area contributed by atoms with E-state index in [-0.39, 0.29) is 5.78 Å². The molecule has 0 aliphatic heterocycles. The van der Waals surface area contributed by atoms with Gasteiger partial charge in [0.15, 0.2) is 5.78 Å². The minimum Gasteiger partial charge on any atom is -0.295 e. The van der Waals surface area contributed by atoms with E-state index in [1.807, 2.05) is 32.0 Å². The maximum absolute atomic E-state index is 10.9. The molecule has 0 aromatic heterocycles. The van der Waals surface area contributed by atoms with E-state index in [1.54, 1.807) is 6.92 Å². The lowest BCUT2D eigenvalue weighted by Gasteiger charge is -2.00. The third kappa shape index (κ3) is 4.28. The molecule has 82 valence electrons. The topological polar surface area (TPSA) is 17.1 Å². The first-order valence-corrected chi connectivity index (χ1v) is 5.59. The summed E-state index contributed by atoms with van der Waals surface area (Å²) in [6.07, 6.45) is 2.97. The lowest BCUT2D eigenvalue weighted by Crippen LogP contribution is -1.93. The number of Topliss-reactive ketones (excluding diaryl/α,β-unsaturated/α-hetero) is 1. The molecule has 1 aromatic carbocycles. The van der Waals surface area contributed by atoms with E-state index in [2.05, 4.69) is 6.92 Å². The van der Waals surface area contributed by atoms with Gasteiger partial charge in [-0.2, -0.15) is 0 Å². The maximum atomic E-state index is 10.9. The molecule has 1 fully saturated rings. The first-order valence-electron chi connectivity index (χ1n) is 5.59. The van der Waals surface area contributed by atoms with Crippen LogP contribution in [0.1, 0.15) is 48.2 Å². The highest BCUT2D eigenvalue weighted by atomic mass is 16.1. The number of carbonyl (C=O) groups is 1. The zero-order valence-corrected chi connectivity index (χ0v) is 10.1. The van der Waals surface area contributed by atoms with E-state index in [1.165, 1.54) is 24.0 Å². The number of hydrogen-bond donors (Lipinski definition) is 0. The number of ketones is 1. The lowest BCUT2D eigenvalue weighted by molar-refractivity contribution is 0.101. The van der Waals surface area contributed by atoms with Crippen LogP contribution in [0.4, 0.5) is 0 Å². The van der Waals surface area contributed by atoms with Gasteiger partial charge in [0.25, 0.3) is 0 Å². The minimum atomic E-state index is 0.133. The Kier molecular flexibility index (Phi) is 4.07. The highest BCUT2D eigenvalue weighted by molar-refractivity contribution is 5.94. The minimum absolute atomic E-state index is 0.133. The van der Waals surface area contributed by atoms with E-state index in [0.29, 0.717) is 0 Å². The van der Waals surface area contributed by atoms with Crippen molar-refractivity contribution in [2.45, 2.75) is 40.5 Å². The van der Waals surface area contributed by atoms with E-state index < -0.39 is 0 Å². The molecule has 1 aromatic rings. The fourth-order valence-electron chi connectivity index (χ4n) is 1.13. The second-order valence-corrected chi connectivity index (χ2v) is 4.54. The van der Waals surface area contributed by atoms with Gasteiger partial charge in [-0.3, -0.25) is 4.79 Å². The van der Waals surface area contributed by atoms with Gasteiger partial charge in [-0.05, 0) is 43.9 Å². The molecule has 1 heteroatoms. The summed E-state index contributed by atoms with van der Waals surface area (Å²) in [7, 11) is 0. The van der Waals surface area contributed by atoms with Crippen molar-refractivity contribution in [3.05, 3.63) is 34.9 Å². The smallest absolute Gasteiger partial charge is 0.159 e. The van der Waals surface area contributed by atoms with Gasteiger partial charge in [0.1, 0.15) is 0 Å². The van der Waals surface area contributed by atoms with E-state index in [9.17, 15) is 4.79 Å². The average Bonchev–Trinajstić information content (AvgIpc) is 2.93. The summed E-state index contributed by atoms with van der Waals surface area (Å²) in [5.41, 5.74) is 3.21. The Morgan fingerprint density at radius 1 is 1.20 bits per heavy atom. The molecule has 1 aliphatic rings. The van der Waals surface area contributed by atoms with Gasteiger partial charge in [-0.1, -0.05) is 31.9 Å². The van der Waals surface area contributed by atoms with Gasteiger partial charge in [0.2, 0.25) is 0 Å². The van der Waals surface area contributed by atoms with Crippen LogP contribution in [0.25, 0.3) is 0 Å². The summed E-state index contributed by atoms with van der Waals surface area (Å²) < 4.78 is 0. The first kappa shape index (κ1) is 12.0. The Morgan fingerprint density at radius 2 is 1.73 bits per heavy atom. The van der Waals surface area contributed by atoms with Gasteiger partial charge in [-0.25, -0.2) is 0 Å². The Balaban J connectivity index is 0.000000234. The molecule has 1 saturated carbocycles. The molecular weight excluding hydrogens is 184 g/mol. The summed E-state index contributed by atoms with van der Waals surface area (Å²) in [6, 6.07) is 5.77. The zero-order chi connectivity index (χ0) is 11.4. The van der Waals surface area contributed by atoms with Crippen LogP contribution >= 0.6 is 0 Å². The molecule has 0 spiro atoms. The molecule has 1 aliphatic carbocycles. The summed E-state index contributed by atoms with van der Waals surface area (Å²) in [4.78, 5) is 10.9. The van der Waals surface area contributed by atoms with Crippen LogP contribution in [0.15, 0.2) is 18.2 Å². The molecule has 2 rings (SSSR count). The van der Waals surface area contributed by atoms with Crippen molar-refractivity contribution in [2.24, 2.45) is 5.92 Å². The summed E-state index contributed by atoms with van der Waals surface area (Å²) in [5, 5.41) is 0. The fourth-order valence-corrected chi connectivity index (χ4v) is 1.13. The molecule has 0 unspecified atom stereocenters. The van der Waals surface area contributed by atoms with Crippen LogP contribution in [-0.4, -0.2) is 5.78 Å². The third-order valence-electron chi connectivity index (χ3n) is 2.78. The SMILES string of the molecule is CC(=O)c1ccc(C)c(C)c1.CC1CC1. The second kappa shape index (κ2) is 5.11. The molecule has 0 saturated heterocycles. The van der Waals surface area contributed by atoms with Crippen LogP contribution in [0, 0.1) is 19.8 Å². The molecule has 15 heavy (non-hydrogen) atoms. The van der Waals surface area contributed by atoms with Crippen molar-refractivity contribution < 1.29 is 4.79 Å². The lowest BCUT2D eigenvalue weighted by atomic mass is 10.0. The molecule has 0 bridgehead atoms. The monoisotopic (exact) mass is 204 g/mol. The van der Waals surface area contributed by atoms with E-state index in [4.69, 9.17) is 0 Å².